The lowest BCUT2D eigenvalue weighted by atomic mass is 9.93. The molecular formula is C28H38N2O8S. The third-order valence-corrected chi connectivity index (χ3v) is 7.52. The molecule has 2 aromatic rings. The molecule has 2 aromatic carbocycles. The second-order valence-electron chi connectivity index (χ2n) is 9.51. The summed E-state index contributed by atoms with van der Waals surface area (Å²) in [6.45, 7) is 0.339. The quantitative estimate of drug-likeness (QED) is 0.173. The van der Waals surface area contributed by atoms with Gasteiger partial charge in [0.15, 0.2) is 0 Å². The number of carboxylic acids is 1. The fraction of sp³-hybridized carbons (Fsp3) is 0.500. The standard InChI is InChI=1S/C28H38N2O8S/c29-11-14-39-13-4-12-37-28(27(35)36)17-22(31)16-24(38-28)26(34)23(32)18-30-25(33)15-19-7-9-21(10-8-19)20-5-2-1-3-6-20/h1-3,5-10,22-24,26,31-32,34H,4,11-18,29H2,(H,30,33)(H,35,36)/t22?,23?,24?,26-,28?/m0/s1. The van der Waals surface area contributed by atoms with E-state index in [4.69, 9.17) is 15.2 Å². The Kier molecular flexibility index (Phi) is 12.2. The van der Waals surface area contributed by atoms with Crippen LogP contribution < -0.4 is 11.1 Å². The van der Waals surface area contributed by atoms with Gasteiger partial charge in [0.25, 0.3) is 5.79 Å². The summed E-state index contributed by atoms with van der Waals surface area (Å²) in [5.74, 6) is -2.42. The van der Waals surface area contributed by atoms with Crippen molar-refractivity contribution in [2.75, 3.05) is 31.2 Å². The monoisotopic (exact) mass is 562 g/mol. The predicted octanol–water partition coefficient (Wildman–Crippen LogP) is 1.15. The zero-order valence-electron chi connectivity index (χ0n) is 21.8. The normalized spacial score (nSPS) is 22.7. The molecule has 1 fully saturated rings. The van der Waals surface area contributed by atoms with Gasteiger partial charge in [-0.2, -0.15) is 11.8 Å². The van der Waals surface area contributed by atoms with Crippen molar-refractivity contribution < 1.29 is 39.5 Å². The van der Waals surface area contributed by atoms with Crippen LogP contribution in [0.5, 0.6) is 0 Å². The van der Waals surface area contributed by atoms with Crippen LogP contribution in [0.2, 0.25) is 0 Å². The van der Waals surface area contributed by atoms with Crippen LogP contribution in [-0.2, 0) is 25.5 Å². The van der Waals surface area contributed by atoms with Gasteiger partial charge in [0.1, 0.15) is 6.10 Å². The lowest BCUT2D eigenvalue weighted by molar-refractivity contribution is -0.304. The molecule has 11 heteroatoms. The number of carbonyl (C=O) groups is 2. The fourth-order valence-electron chi connectivity index (χ4n) is 4.37. The van der Waals surface area contributed by atoms with Crippen LogP contribution in [0.4, 0.5) is 0 Å². The molecule has 3 rings (SSSR count). The molecule has 5 atom stereocenters. The first-order valence-electron chi connectivity index (χ1n) is 13.0. The Balaban J connectivity index is 1.50. The van der Waals surface area contributed by atoms with Crippen LogP contribution in [0.25, 0.3) is 11.1 Å². The van der Waals surface area contributed by atoms with Crippen LogP contribution in [0.15, 0.2) is 54.6 Å². The van der Waals surface area contributed by atoms with Gasteiger partial charge in [0.05, 0.1) is 31.3 Å². The lowest BCUT2D eigenvalue weighted by Crippen LogP contribution is -2.58. The van der Waals surface area contributed by atoms with Crippen molar-refractivity contribution in [2.24, 2.45) is 5.73 Å². The predicted molar refractivity (Wildman–Crippen MR) is 148 cm³/mol. The van der Waals surface area contributed by atoms with E-state index in [-0.39, 0.29) is 38.3 Å². The van der Waals surface area contributed by atoms with Crippen molar-refractivity contribution >= 4 is 23.6 Å². The molecule has 0 spiro atoms. The third kappa shape index (κ3) is 9.28. The number of amides is 1. The van der Waals surface area contributed by atoms with Crippen LogP contribution in [-0.4, -0.2) is 93.7 Å². The number of nitrogens with two attached hydrogens (primary N) is 1. The number of hydrogen-bond acceptors (Lipinski definition) is 9. The molecule has 7 N–H and O–H groups in total. The van der Waals surface area contributed by atoms with Gasteiger partial charge in [-0.25, -0.2) is 4.79 Å². The average molecular weight is 563 g/mol. The van der Waals surface area contributed by atoms with Crippen molar-refractivity contribution in [1.29, 1.82) is 0 Å². The molecule has 0 aromatic heterocycles. The molecule has 39 heavy (non-hydrogen) atoms. The van der Waals surface area contributed by atoms with E-state index in [1.54, 1.807) is 11.8 Å². The summed E-state index contributed by atoms with van der Waals surface area (Å²) in [4.78, 5) is 24.5. The van der Waals surface area contributed by atoms with E-state index in [0.717, 1.165) is 28.2 Å². The minimum atomic E-state index is -2.14. The summed E-state index contributed by atoms with van der Waals surface area (Å²) in [7, 11) is 0. The molecule has 0 bridgehead atoms. The van der Waals surface area contributed by atoms with E-state index in [1.165, 1.54) is 0 Å². The summed E-state index contributed by atoms with van der Waals surface area (Å²) in [5, 5.41) is 43.9. The molecule has 0 saturated carbocycles. The Labute approximate surface area is 232 Å². The zero-order valence-corrected chi connectivity index (χ0v) is 22.6. The lowest BCUT2D eigenvalue weighted by Gasteiger charge is -2.42. The maximum absolute atomic E-state index is 12.4. The number of carbonyl (C=O) groups excluding carboxylic acids is 1. The Bertz CT molecular complexity index is 1040. The highest BCUT2D eigenvalue weighted by Gasteiger charge is 2.51. The topological polar surface area (TPSA) is 172 Å². The van der Waals surface area contributed by atoms with Gasteiger partial charge >= 0.3 is 5.97 Å². The Morgan fingerprint density at radius 2 is 1.79 bits per heavy atom. The summed E-state index contributed by atoms with van der Waals surface area (Å²) >= 11 is 1.61. The second-order valence-corrected chi connectivity index (χ2v) is 10.7. The third-order valence-electron chi connectivity index (χ3n) is 6.42. The molecule has 1 amide bonds. The molecule has 0 radical (unpaired) electrons. The number of carboxylic acid groups (broad SMARTS) is 1. The van der Waals surface area contributed by atoms with Crippen molar-refractivity contribution in [3.05, 3.63) is 60.2 Å². The number of aliphatic hydroxyl groups is 3. The molecule has 1 aliphatic heterocycles. The first-order chi connectivity index (χ1) is 18.7. The van der Waals surface area contributed by atoms with E-state index in [9.17, 15) is 30.0 Å². The van der Waals surface area contributed by atoms with Gasteiger partial charge in [-0.1, -0.05) is 54.6 Å². The highest BCUT2D eigenvalue weighted by Crippen LogP contribution is 2.33. The Morgan fingerprint density at radius 1 is 1.10 bits per heavy atom. The number of aliphatic hydroxyl groups excluding tert-OH is 3. The number of nitrogens with one attached hydrogen (secondary N) is 1. The number of ether oxygens (including phenoxy) is 2. The van der Waals surface area contributed by atoms with Crippen LogP contribution in [0, 0.1) is 0 Å². The largest absolute Gasteiger partial charge is 0.477 e. The molecule has 4 unspecified atom stereocenters. The van der Waals surface area contributed by atoms with Gasteiger partial charge in [0.2, 0.25) is 5.91 Å². The van der Waals surface area contributed by atoms with Crippen LogP contribution in [0.3, 0.4) is 0 Å². The number of thioether (sulfide) groups is 1. The number of rotatable bonds is 15. The molecule has 0 aliphatic carbocycles. The van der Waals surface area contributed by atoms with E-state index in [0.29, 0.717) is 13.0 Å². The molecule has 1 saturated heterocycles. The Hall–Kier alpha value is -2.51. The second kappa shape index (κ2) is 15.3. The fourth-order valence-corrected chi connectivity index (χ4v) is 5.06. The van der Waals surface area contributed by atoms with Gasteiger partial charge < -0.3 is 41.0 Å². The molecule has 214 valence electrons. The highest BCUT2D eigenvalue weighted by atomic mass is 32.2. The van der Waals surface area contributed by atoms with Gasteiger partial charge in [0, 0.05) is 31.7 Å². The summed E-state index contributed by atoms with van der Waals surface area (Å²) in [6, 6.07) is 17.4. The number of benzene rings is 2. The maximum atomic E-state index is 12.4. The molecule has 10 nitrogen and oxygen atoms in total. The first-order valence-corrected chi connectivity index (χ1v) is 14.2. The number of hydrogen-bond donors (Lipinski definition) is 6. The maximum Gasteiger partial charge on any atom is 0.364 e. The summed E-state index contributed by atoms with van der Waals surface area (Å²) in [6.07, 6.45) is -5.12. The van der Waals surface area contributed by atoms with Crippen molar-refractivity contribution in [3.8, 4) is 11.1 Å². The SMILES string of the molecule is NCCSCCCOC1(C(=O)O)CC(O)CC([C@@H](O)C(O)CNC(=O)Cc2ccc(-c3ccccc3)cc2)O1. The summed E-state index contributed by atoms with van der Waals surface area (Å²) < 4.78 is 11.2. The molecule has 1 aliphatic rings. The van der Waals surface area contributed by atoms with Crippen LogP contribution in [0.1, 0.15) is 24.8 Å². The average Bonchev–Trinajstić information content (AvgIpc) is 2.93. The van der Waals surface area contributed by atoms with E-state index >= 15 is 0 Å². The zero-order chi connectivity index (χ0) is 28.3. The smallest absolute Gasteiger partial charge is 0.364 e. The van der Waals surface area contributed by atoms with E-state index in [1.807, 2.05) is 54.6 Å². The minimum Gasteiger partial charge on any atom is -0.477 e. The number of aliphatic carboxylic acids is 1. The molecular weight excluding hydrogens is 524 g/mol. The van der Waals surface area contributed by atoms with Gasteiger partial charge in [-0.15, -0.1) is 0 Å². The van der Waals surface area contributed by atoms with Gasteiger partial charge in [-0.05, 0) is 28.9 Å². The van der Waals surface area contributed by atoms with E-state index < -0.39 is 36.2 Å². The highest BCUT2D eigenvalue weighted by molar-refractivity contribution is 7.99. The van der Waals surface area contributed by atoms with Gasteiger partial charge in [-0.3, -0.25) is 4.79 Å². The van der Waals surface area contributed by atoms with Crippen LogP contribution >= 0.6 is 11.8 Å². The molecule has 1 heterocycles. The first kappa shape index (κ1) is 31.0. The van der Waals surface area contributed by atoms with Crippen molar-refractivity contribution in [3.63, 3.8) is 0 Å². The van der Waals surface area contributed by atoms with Crippen molar-refractivity contribution in [1.82, 2.24) is 5.32 Å². The summed E-state index contributed by atoms with van der Waals surface area (Å²) in [5.41, 5.74) is 8.33. The van der Waals surface area contributed by atoms with E-state index in [2.05, 4.69) is 5.32 Å². The van der Waals surface area contributed by atoms with Crippen molar-refractivity contribution in [2.45, 2.75) is 55.9 Å². The minimum absolute atomic E-state index is 0.0738. The Morgan fingerprint density at radius 3 is 2.46 bits per heavy atom.